The number of carbonyl (C=O) groups is 1. The Labute approximate surface area is 123 Å². The van der Waals surface area contributed by atoms with Gasteiger partial charge in [0.1, 0.15) is 0 Å². The molecule has 3 saturated heterocycles. The Balaban J connectivity index is 1.41. The van der Waals surface area contributed by atoms with Gasteiger partial charge in [-0.15, -0.1) is 0 Å². The Morgan fingerprint density at radius 3 is 2.22 bits per heavy atom. The van der Waals surface area contributed by atoms with Crippen LogP contribution in [0.5, 0.6) is 0 Å². The molecule has 0 N–H and O–H groups in total. The first kappa shape index (κ1) is 13.1. The topological polar surface area (TPSA) is 30.0 Å². The van der Waals surface area contributed by atoms with Gasteiger partial charge >= 0.3 is 0 Å². The van der Waals surface area contributed by atoms with Crippen LogP contribution in [0.2, 0.25) is 0 Å². The molecule has 0 bridgehead atoms. The third-order valence-electron chi connectivity index (χ3n) is 4.41. The van der Waals surface area contributed by atoms with Crippen LogP contribution in [0, 0.1) is 5.92 Å². The maximum Gasteiger partial charge on any atom is 0.228 e. The minimum atomic E-state index is 0.273. The van der Waals surface area contributed by atoms with Gasteiger partial charge in [-0.05, 0) is 7.05 Å². The number of nitrogens with zero attached hydrogens (tertiary/aromatic N) is 4. The van der Waals surface area contributed by atoms with Crippen LogP contribution in [-0.4, -0.2) is 89.2 Å². The first-order valence-corrected chi connectivity index (χ1v) is 7.72. The molecular weight excluding hydrogens is 343 g/mol. The van der Waals surface area contributed by atoms with Gasteiger partial charge < -0.3 is 9.80 Å². The van der Waals surface area contributed by atoms with Crippen molar-refractivity contribution in [3.63, 3.8) is 0 Å². The maximum atomic E-state index is 12.1. The molecule has 0 aromatic carbocycles. The van der Waals surface area contributed by atoms with Gasteiger partial charge in [0, 0.05) is 81.3 Å². The molecule has 5 nitrogen and oxygen atoms in total. The van der Waals surface area contributed by atoms with Crippen molar-refractivity contribution in [1.82, 2.24) is 17.8 Å². The molecule has 0 spiro atoms. The average molecular weight is 364 g/mol. The van der Waals surface area contributed by atoms with Crippen molar-refractivity contribution >= 4 is 28.8 Å². The standard InChI is InChI=1S/C12H21IN4O/c1-14-2-4-15(5-3-14)11-8-16(9-11)12(18)10-6-17(13)7-10/h10-11H,2-9H2,1H3. The van der Waals surface area contributed by atoms with E-state index in [1.165, 1.54) is 0 Å². The molecule has 0 aromatic heterocycles. The molecule has 102 valence electrons. The Hall–Kier alpha value is 0.0800. The third kappa shape index (κ3) is 2.52. The molecule has 0 saturated carbocycles. The second-order valence-corrected chi connectivity index (χ2v) is 7.13. The number of piperazine rings is 1. The van der Waals surface area contributed by atoms with Crippen molar-refractivity contribution in [2.75, 3.05) is 59.4 Å². The summed E-state index contributed by atoms with van der Waals surface area (Å²) in [7, 11) is 2.18. The van der Waals surface area contributed by atoms with Gasteiger partial charge in [-0.25, -0.2) is 3.11 Å². The molecule has 6 heteroatoms. The third-order valence-corrected chi connectivity index (χ3v) is 5.20. The minimum absolute atomic E-state index is 0.273. The van der Waals surface area contributed by atoms with Crippen molar-refractivity contribution in [1.29, 1.82) is 0 Å². The normalized spacial score (nSPS) is 29.1. The molecule has 0 aromatic rings. The van der Waals surface area contributed by atoms with Crippen LogP contribution in [0.1, 0.15) is 0 Å². The van der Waals surface area contributed by atoms with Gasteiger partial charge in [0.2, 0.25) is 5.91 Å². The molecule has 18 heavy (non-hydrogen) atoms. The number of carbonyl (C=O) groups excluding carboxylic acids is 1. The van der Waals surface area contributed by atoms with Crippen molar-refractivity contribution in [3.05, 3.63) is 0 Å². The van der Waals surface area contributed by atoms with Gasteiger partial charge in [-0.3, -0.25) is 9.69 Å². The van der Waals surface area contributed by atoms with E-state index in [0.717, 1.165) is 52.4 Å². The van der Waals surface area contributed by atoms with Crippen LogP contribution in [0.25, 0.3) is 0 Å². The van der Waals surface area contributed by atoms with Crippen molar-refractivity contribution < 1.29 is 4.79 Å². The summed E-state index contributed by atoms with van der Waals surface area (Å²) in [6.45, 7) is 8.45. The number of likely N-dealkylation sites (tertiary alicyclic amines) is 1. The zero-order chi connectivity index (χ0) is 12.7. The highest BCUT2D eigenvalue weighted by molar-refractivity contribution is 14.1. The molecule has 3 heterocycles. The first-order valence-electron chi connectivity index (χ1n) is 6.75. The molecule has 0 radical (unpaired) electrons. The van der Waals surface area contributed by atoms with E-state index < -0.39 is 0 Å². The van der Waals surface area contributed by atoms with Gasteiger partial charge in [0.25, 0.3) is 0 Å². The number of rotatable bonds is 2. The highest BCUT2D eigenvalue weighted by Gasteiger charge is 2.41. The van der Waals surface area contributed by atoms with E-state index in [9.17, 15) is 4.79 Å². The van der Waals surface area contributed by atoms with Gasteiger partial charge in [0.15, 0.2) is 0 Å². The van der Waals surface area contributed by atoms with Gasteiger partial charge in [0.05, 0.1) is 5.92 Å². The molecule has 0 atom stereocenters. The lowest BCUT2D eigenvalue weighted by molar-refractivity contribution is -0.146. The molecule has 0 unspecified atom stereocenters. The number of hydrogen-bond donors (Lipinski definition) is 0. The summed E-state index contributed by atoms with van der Waals surface area (Å²) in [4.78, 5) is 19.1. The van der Waals surface area contributed by atoms with Crippen LogP contribution in [-0.2, 0) is 4.79 Å². The lowest BCUT2D eigenvalue weighted by atomic mass is 9.97. The average Bonchev–Trinajstić information content (AvgIpc) is 2.25. The minimum Gasteiger partial charge on any atom is -0.339 e. The van der Waals surface area contributed by atoms with E-state index in [-0.39, 0.29) is 5.92 Å². The number of amides is 1. The number of likely N-dealkylation sites (N-methyl/N-ethyl adjacent to an activating group) is 1. The first-order chi connectivity index (χ1) is 8.63. The molecule has 3 aliphatic heterocycles. The van der Waals surface area contributed by atoms with Crippen LogP contribution in [0.4, 0.5) is 0 Å². The number of halogens is 1. The fraction of sp³-hybridized carbons (Fsp3) is 0.917. The van der Waals surface area contributed by atoms with E-state index in [2.05, 4.69) is 47.7 Å². The molecule has 1 amide bonds. The quantitative estimate of drug-likeness (QED) is 0.499. The smallest absolute Gasteiger partial charge is 0.228 e. The van der Waals surface area contributed by atoms with E-state index in [1.54, 1.807) is 0 Å². The Morgan fingerprint density at radius 2 is 1.67 bits per heavy atom. The SMILES string of the molecule is CN1CCN(C2CN(C(=O)C3CN(I)C3)C2)CC1. The summed E-state index contributed by atoms with van der Waals surface area (Å²) in [6, 6.07) is 0.624. The molecule has 3 aliphatic rings. The largest absolute Gasteiger partial charge is 0.339 e. The Bertz CT molecular complexity index is 320. The van der Waals surface area contributed by atoms with E-state index in [4.69, 9.17) is 0 Å². The summed E-state index contributed by atoms with van der Waals surface area (Å²) >= 11 is 2.29. The lowest BCUT2D eigenvalue weighted by Crippen LogP contribution is -2.66. The fourth-order valence-corrected chi connectivity index (χ4v) is 3.84. The molecular formula is C12H21IN4O. The summed E-state index contributed by atoms with van der Waals surface area (Å²) in [5.74, 6) is 0.656. The monoisotopic (exact) mass is 364 g/mol. The van der Waals surface area contributed by atoms with Crippen LogP contribution in [0.15, 0.2) is 0 Å². The highest BCUT2D eigenvalue weighted by atomic mass is 127. The Morgan fingerprint density at radius 1 is 1.06 bits per heavy atom. The second-order valence-electron chi connectivity index (χ2n) is 5.76. The van der Waals surface area contributed by atoms with Crippen molar-refractivity contribution in [2.24, 2.45) is 5.92 Å². The summed E-state index contributed by atoms with van der Waals surface area (Å²) in [6.07, 6.45) is 0. The lowest BCUT2D eigenvalue weighted by Gasteiger charge is -2.49. The Kier molecular flexibility index (Phi) is 3.80. The fourth-order valence-electron chi connectivity index (χ4n) is 2.89. The zero-order valence-electron chi connectivity index (χ0n) is 10.9. The predicted octanol–water partition coefficient (Wildman–Crippen LogP) is -0.274. The molecule has 3 fully saturated rings. The molecule has 3 rings (SSSR count). The van der Waals surface area contributed by atoms with Crippen molar-refractivity contribution in [2.45, 2.75) is 6.04 Å². The number of hydrogen-bond acceptors (Lipinski definition) is 4. The predicted molar refractivity (Wildman–Crippen MR) is 78.5 cm³/mol. The van der Waals surface area contributed by atoms with Crippen LogP contribution < -0.4 is 0 Å². The summed E-state index contributed by atoms with van der Waals surface area (Å²) in [5.41, 5.74) is 0. The zero-order valence-corrected chi connectivity index (χ0v) is 13.0. The van der Waals surface area contributed by atoms with Crippen LogP contribution >= 0.6 is 22.9 Å². The van der Waals surface area contributed by atoms with E-state index in [1.807, 2.05) is 0 Å². The maximum absolute atomic E-state index is 12.1. The summed E-state index contributed by atoms with van der Waals surface area (Å²) < 4.78 is 2.18. The van der Waals surface area contributed by atoms with Crippen LogP contribution in [0.3, 0.4) is 0 Å². The summed E-state index contributed by atoms with van der Waals surface area (Å²) in [5, 5.41) is 0. The van der Waals surface area contributed by atoms with Gasteiger partial charge in [-0.1, -0.05) is 0 Å². The highest BCUT2D eigenvalue weighted by Crippen LogP contribution is 2.25. The second kappa shape index (κ2) is 5.22. The van der Waals surface area contributed by atoms with E-state index in [0.29, 0.717) is 11.9 Å². The van der Waals surface area contributed by atoms with Gasteiger partial charge in [-0.2, -0.15) is 0 Å². The molecule has 0 aliphatic carbocycles. The van der Waals surface area contributed by atoms with E-state index >= 15 is 0 Å². The van der Waals surface area contributed by atoms with Crippen molar-refractivity contribution in [3.8, 4) is 0 Å².